The molecule has 0 unspecified atom stereocenters. The highest BCUT2D eigenvalue weighted by atomic mass is 16.2. The zero-order chi connectivity index (χ0) is 20.8. The van der Waals surface area contributed by atoms with Crippen LogP contribution in [0.1, 0.15) is 27.9 Å². The fourth-order valence-corrected chi connectivity index (χ4v) is 2.76. The van der Waals surface area contributed by atoms with Gasteiger partial charge < -0.3 is 22.1 Å². The van der Waals surface area contributed by atoms with Crippen LogP contribution in [0.15, 0.2) is 47.2 Å². The van der Waals surface area contributed by atoms with Crippen molar-refractivity contribution in [3.8, 4) is 0 Å². The molecule has 6 N–H and O–H groups in total. The van der Waals surface area contributed by atoms with E-state index in [1.165, 1.54) is 6.20 Å². The molecule has 1 aromatic heterocycles. The van der Waals surface area contributed by atoms with Crippen LogP contribution in [0.4, 0.5) is 11.4 Å². The summed E-state index contributed by atoms with van der Waals surface area (Å²) in [6.07, 6.45) is 5.80. The van der Waals surface area contributed by atoms with Crippen LogP contribution in [-0.4, -0.2) is 35.5 Å². The van der Waals surface area contributed by atoms with Gasteiger partial charge >= 0.3 is 0 Å². The maximum atomic E-state index is 12.6. The van der Waals surface area contributed by atoms with Gasteiger partial charge in [0.2, 0.25) is 5.91 Å². The van der Waals surface area contributed by atoms with Gasteiger partial charge in [0, 0.05) is 35.9 Å². The quantitative estimate of drug-likeness (QED) is 0.536. The number of hydrogen-bond donors (Lipinski definition) is 4. The number of hydrogen-bond acceptors (Lipinski definition) is 7. The SMILES string of the molecule is NCC(=O)NCc1cncc(NC(=O)c2ccc3c(c2)N=C(N)CC(C=O)=C3)c1. The Kier molecular flexibility index (Phi) is 6.10. The third kappa shape index (κ3) is 5.11. The normalized spacial score (nSPS) is 12.7. The fraction of sp³-hybridized carbons (Fsp3) is 0.150. The van der Waals surface area contributed by atoms with E-state index in [2.05, 4.69) is 20.6 Å². The molecule has 0 radical (unpaired) electrons. The summed E-state index contributed by atoms with van der Waals surface area (Å²) < 4.78 is 0. The van der Waals surface area contributed by atoms with Gasteiger partial charge in [-0.3, -0.25) is 19.4 Å². The summed E-state index contributed by atoms with van der Waals surface area (Å²) in [4.78, 5) is 43.4. The average Bonchev–Trinajstić information content (AvgIpc) is 2.89. The van der Waals surface area contributed by atoms with E-state index in [-0.39, 0.29) is 31.3 Å². The summed E-state index contributed by atoms with van der Waals surface area (Å²) in [5.41, 5.74) is 14.4. The number of rotatable bonds is 6. The van der Waals surface area contributed by atoms with Gasteiger partial charge in [0.15, 0.2) is 0 Å². The van der Waals surface area contributed by atoms with E-state index in [4.69, 9.17) is 11.5 Å². The lowest BCUT2D eigenvalue weighted by molar-refractivity contribution is -0.119. The lowest BCUT2D eigenvalue weighted by Gasteiger charge is -2.09. The number of nitrogens with two attached hydrogens (primary N) is 2. The minimum absolute atomic E-state index is 0.0985. The molecular weight excluding hydrogens is 372 g/mol. The lowest BCUT2D eigenvalue weighted by Crippen LogP contribution is -2.29. The summed E-state index contributed by atoms with van der Waals surface area (Å²) >= 11 is 0. The predicted molar refractivity (Wildman–Crippen MR) is 109 cm³/mol. The van der Waals surface area contributed by atoms with Crippen molar-refractivity contribution in [2.75, 3.05) is 11.9 Å². The van der Waals surface area contributed by atoms with Crippen LogP contribution >= 0.6 is 0 Å². The first kappa shape index (κ1) is 19.9. The Balaban J connectivity index is 1.77. The predicted octanol–water partition coefficient (Wildman–Crippen LogP) is 0.883. The molecule has 1 aromatic carbocycles. The zero-order valence-corrected chi connectivity index (χ0v) is 15.5. The largest absolute Gasteiger partial charge is 0.387 e. The number of benzene rings is 1. The molecule has 0 saturated heterocycles. The van der Waals surface area contributed by atoms with Gasteiger partial charge in [-0.25, -0.2) is 4.99 Å². The van der Waals surface area contributed by atoms with E-state index < -0.39 is 0 Å². The maximum Gasteiger partial charge on any atom is 0.255 e. The number of fused-ring (bicyclic) bond motifs is 1. The molecule has 29 heavy (non-hydrogen) atoms. The number of amides is 2. The second kappa shape index (κ2) is 8.89. The van der Waals surface area contributed by atoms with Crippen molar-refractivity contribution in [1.82, 2.24) is 10.3 Å². The van der Waals surface area contributed by atoms with Crippen LogP contribution in [0.25, 0.3) is 6.08 Å². The van der Waals surface area contributed by atoms with Crippen molar-refractivity contribution in [2.45, 2.75) is 13.0 Å². The first-order chi connectivity index (χ1) is 14.0. The molecule has 0 atom stereocenters. The highest BCUT2D eigenvalue weighted by Crippen LogP contribution is 2.27. The lowest BCUT2D eigenvalue weighted by atomic mass is 10.1. The standard InChI is InChI=1S/C20H20N6O3/c21-7-19(28)24-9-13-4-16(10-23-8-13)25-20(29)15-2-1-14-3-12(11-27)5-18(22)26-17(14)6-15/h1-4,6,8,10-11H,5,7,9,21H2,(H2,22,26)(H,24,28)(H,25,29). The highest BCUT2D eigenvalue weighted by Gasteiger charge is 2.13. The van der Waals surface area contributed by atoms with Crippen LogP contribution in [0.5, 0.6) is 0 Å². The van der Waals surface area contributed by atoms with Gasteiger partial charge in [-0.1, -0.05) is 6.07 Å². The average molecular weight is 392 g/mol. The van der Waals surface area contributed by atoms with Crippen molar-refractivity contribution < 1.29 is 14.4 Å². The summed E-state index contributed by atoms with van der Waals surface area (Å²) in [7, 11) is 0. The molecule has 0 saturated carbocycles. The second-order valence-electron chi connectivity index (χ2n) is 6.41. The molecule has 0 spiro atoms. The molecule has 2 aromatic rings. The molecule has 3 rings (SSSR count). The smallest absolute Gasteiger partial charge is 0.255 e. The summed E-state index contributed by atoms with van der Waals surface area (Å²) in [6, 6.07) is 6.68. The Morgan fingerprint density at radius 3 is 2.79 bits per heavy atom. The third-order valence-electron chi connectivity index (χ3n) is 4.16. The number of carbonyl (C=O) groups excluding carboxylic acids is 3. The van der Waals surface area contributed by atoms with E-state index in [1.807, 2.05) is 0 Å². The highest BCUT2D eigenvalue weighted by molar-refractivity contribution is 6.06. The molecule has 1 aliphatic rings. The zero-order valence-electron chi connectivity index (χ0n) is 15.5. The van der Waals surface area contributed by atoms with Gasteiger partial charge in [-0.2, -0.15) is 0 Å². The Labute approximate surface area is 166 Å². The molecule has 1 aliphatic heterocycles. The van der Waals surface area contributed by atoms with Gasteiger partial charge in [0.25, 0.3) is 5.91 Å². The van der Waals surface area contributed by atoms with E-state index in [9.17, 15) is 14.4 Å². The number of aldehydes is 1. The Bertz CT molecular complexity index is 1030. The number of aromatic nitrogens is 1. The van der Waals surface area contributed by atoms with Crippen molar-refractivity contribution in [3.63, 3.8) is 0 Å². The minimum Gasteiger partial charge on any atom is -0.387 e. The first-order valence-corrected chi connectivity index (χ1v) is 8.83. The van der Waals surface area contributed by atoms with Crippen LogP contribution in [0, 0.1) is 0 Å². The molecule has 2 amide bonds. The molecule has 9 nitrogen and oxygen atoms in total. The third-order valence-corrected chi connectivity index (χ3v) is 4.16. The van der Waals surface area contributed by atoms with Crippen LogP contribution in [0.3, 0.4) is 0 Å². The Morgan fingerprint density at radius 2 is 2.03 bits per heavy atom. The Morgan fingerprint density at radius 1 is 1.21 bits per heavy atom. The number of pyridine rings is 1. The van der Waals surface area contributed by atoms with Gasteiger partial charge in [-0.15, -0.1) is 0 Å². The molecular formula is C20H20N6O3. The number of nitrogens with one attached hydrogen (secondary N) is 2. The summed E-state index contributed by atoms with van der Waals surface area (Å²) in [6.45, 7) is 0.156. The maximum absolute atomic E-state index is 12.6. The molecule has 0 aliphatic carbocycles. The second-order valence-corrected chi connectivity index (χ2v) is 6.41. The van der Waals surface area contributed by atoms with E-state index in [0.717, 1.165) is 11.8 Å². The van der Waals surface area contributed by atoms with Crippen LogP contribution < -0.4 is 22.1 Å². The summed E-state index contributed by atoms with van der Waals surface area (Å²) in [5, 5.41) is 5.40. The molecule has 0 bridgehead atoms. The van der Waals surface area contributed by atoms with Gasteiger partial charge in [0.05, 0.1) is 24.1 Å². The van der Waals surface area contributed by atoms with Crippen molar-refractivity contribution in [1.29, 1.82) is 0 Å². The number of carbonyl (C=O) groups is 3. The van der Waals surface area contributed by atoms with Gasteiger partial charge in [0.1, 0.15) is 12.1 Å². The number of amidine groups is 1. The molecule has 0 fully saturated rings. The number of aliphatic imine (C=N–C) groups is 1. The van der Waals surface area contributed by atoms with E-state index in [1.54, 1.807) is 36.5 Å². The Hall–Kier alpha value is -3.85. The fourth-order valence-electron chi connectivity index (χ4n) is 2.76. The van der Waals surface area contributed by atoms with Crippen molar-refractivity contribution in [2.24, 2.45) is 16.5 Å². The monoisotopic (exact) mass is 392 g/mol. The topological polar surface area (TPSA) is 153 Å². The first-order valence-electron chi connectivity index (χ1n) is 8.83. The number of anilines is 1. The molecule has 148 valence electrons. The summed E-state index contributed by atoms with van der Waals surface area (Å²) in [5.74, 6) is -0.331. The number of nitrogens with zero attached hydrogens (tertiary/aromatic N) is 2. The van der Waals surface area contributed by atoms with Gasteiger partial charge in [-0.05, 0) is 29.8 Å². The molecule has 2 heterocycles. The van der Waals surface area contributed by atoms with Crippen molar-refractivity contribution >= 4 is 41.4 Å². The van der Waals surface area contributed by atoms with E-state index >= 15 is 0 Å². The minimum atomic E-state index is -0.352. The van der Waals surface area contributed by atoms with Crippen LogP contribution in [-0.2, 0) is 16.1 Å². The van der Waals surface area contributed by atoms with Crippen molar-refractivity contribution in [3.05, 3.63) is 58.9 Å². The van der Waals surface area contributed by atoms with E-state index in [0.29, 0.717) is 33.9 Å². The van der Waals surface area contributed by atoms with Crippen LogP contribution in [0.2, 0.25) is 0 Å². The molecule has 9 heteroatoms.